The van der Waals surface area contributed by atoms with Crippen molar-refractivity contribution in [1.29, 1.82) is 0 Å². The van der Waals surface area contributed by atoms with E-state index in [1.54, 1.807) is 7.11 Å². The van der Waals surface area contributed by atoms with Gasteiger partial charge in [-0.25, -0.2) is 0 Å². The van der Waals surface area contributed by atoms with Crippen LogP contribution in [0, 0.1) is 0 Å². The van der Waals surface area contributed by atoms with Gasteiger partial charge < -0.3 is 24.6 Å². The van der Waals surface area contributed by atoms with E-state index in [-0.39, 0.29) is 5.91 Å². The molecule has 1 heterocycles. The second kappa shape index (κ2) is 9.37. The van der Waals surface area contributed by atoms with Gasteiger partial charge in [-0.2, -0.15) is 0 Å². The van der Waals surface area contributed by atoms with Crippen LogP contribution in [0.4, 0.5) is 0 Å². The number of rotatable bonds is 8. The van der Waals surface area contributed by atoms with Gasteiger partial charge in [0.05, 0.1) is 7.11 Å². The summed E-state index contributed by atoms with van der Waals surface area (Å²) in [5.41, 5.74) is 0. The Morgan fingerprint density at radius 3 is 2.61 bits per heavy atom. The first-order valence-corrected chi connectivity index (χ1v) is 8.13. The lowest BCUT2D eigenvalue weighted by molar-refractivity contribution is -0.132. The fraction of sp³-hybridized carbons (Fsp3) is 0.588. The van der Waals surface area contributed by atoms with Gasteiger partial charge in [0.1, 0.15) is 6.61 Å². The van der Waals surface area contributed by atoms with Gasteiger partial charge in [-0.15, -0.1) is 0 Å². The van der Waals surface area contributed by atoms with E-state index in [4.69, 9.17) is 9.47 Å². The molecule has 0 radical (unpaired) electrons. The van der Waals surface area contributed by atoms with Crippen molar-refractivity contribution in [3.05, 3.63) is 24.3 Å². The number of benzene rings is 1. The maximum Gasteiger partial charge on any atom is 0.223 e. The number of carbonyl (C=O) groups is 1. The van der Waals surface area contributed by atoms with Crippen molar-refractivity contribution in [2.75, 3.05) is 60.0 Å². The average molecular weight is 321 g/mol. The van der Waals surface area contributed by atoms with Gasteiger partial charge in [-0.1, -0.05) is 12.1 Å². The lowest BCUT2D eigenvalue weighted by Gasteiger charge is -2.28. The number of hydrogen-bond donors (Lipinski definition) is 1. The maximum absolute atomic E-state index is 12.1. The lowest BCUT2D eigenvalue weighted by atomic mass is 10.3. The Bertz CT molecular complexity index is 490. The van der Waals surface area contributed by atoms with Crippen LogP contribution in [-0.2, 0) is 4.79 Å². The van der Waals surface area contributed by atoms with Crippen molar-refractivity contribution < 1.29 is 14.3 Å². The third-order valence-corrected chi connectivity index (χ3v) is 3.98. The second-order valence-corrected chi connectivity index (χ2v) is 5.68. The van der Waals surface area contributed by atoms with Crippen molar-refractivity contribution >= 4 is 5.91 Å². The topological polar surface area (TPSA) is 54.0 Å². The minimum absolute atomic E-state index is 0.240. The predicted molar refractivity (Wildman–Crippen MR) is 90.1 cm³/mol. The number of ether oxygens (including phenoxy) is 2. The molecule has 1 aliphatic rings. The molecular weight excluding hydrogens is 294 g/mol. The Morgan fingerprint density at radius 1 is 1.22 bits per heavy atom. The van der Waals surface area contributed by atoms with E-state index in [1.807, 2.05) is 36.2 Å². The van der Waals surface area contributed by atoms with E-state index in [9.17, 15) is 4.79 Å². The van der Waals surface area contributed by atoms with Gasteiger partial charge >= 0.3 is 0 Å². The molecule has 1 N–H and O–H groups in total. The number of carbonyl (C=O) groups excluding carboxylic acids is 1. The van der Waals surface area contributed by atoms with Crippen LogP contribution in [0.25, 0.3) is 0 Å². The number of piperazine rings is 1. The molecule has 0 bridgehead atoms. The normalized spacial score (nSPS) is 14.8. The summed E-state index contributed by atoms with van der Waals surface area (Å²) in [5.74, 6) is 1.73. The quantitative estimate of drug-likeness (QED) is 0.768. The molecule has 0 aromatic heterocycles. The third kappa shape index (κ3) is 5.73. The molecular formula is C17H27N3O3. The number of nitrogens with one attached hydrogen (secondary N) is 1. The number of nitrogens with zero attached hydrogens (tertiary/aromatic N) is 2. The highest BCUT2D eigenvalue weighted by molar-refractivity contribution is 5.76. The molecule has 0 atom stereocenters. The van der Waals surface area contributed by atoms with Crippen LogP contribution in [0.15, 0.2) is 24.3 Å². The summed E-state index contributed by atoms with van der Waals surface area (Å²) in [4.78, 5) is 16.2. The zero-order valence-corrected chi connectivity index (χ0v) is 14.1. The summed E-state index contributed by atoms with van der Waals surface area (Å²) in [6.45, 7) is 5.52. The van der Waals surface area contributed by atoms with E-state index < -0.39 is 0 Å². The molecule has 2 rings (SSSR count). The fourth-order valence-corrected chi connectivity index (χ4v) is 2.52. The zero-order chi connectivity index (χ0) is 16.5. The number of likely N-dealkylation sites (N-methyl/N-ethyl adjacent to an activating group) is 1. The molecule has 0 spiro atoms. The second-order valence-electron chi connectivity index (χ2n) is 5.68. The van der Waals surface area contributed by atoms with Crippen molar-refractivity contribution in [3.8, 4) is 11.5 Å². The first-order valence-electron chi connectivity index (χ1n) is 8.13. The summed E-state index contributed by atoms with van der Waals surface area (Å²) in [6.07, 6.45) is 0.561. The number of para-hydroxylation sites is 2. The van der Waals surface area contributed by atoms with Gasteiger partial charge in [-0.3, -0.25) is 4.79 Å². The largest absolute Gasteiger partial charge is 0.493 e. The summed E-state index contributed by atoms with van der Waals surface area (Å²) in [7, 11) is 3.65. The zero-order valence-electron chi connectivity index (χ0n) is 14.1. The number of amides is 1. The van der Waals surface area contributed by atoms with Crippen molar-refractivity contribution in [2.24, 2.45) is 0 Å². The van der Waals surface area contributed by atoms with E-state index in [0.29, 0.717) is 13.0 Å². The SMILES string of the molecule is COc1ccccc1OCCN(C)CCC(=O)N1CCNCC1. The van der Waals surface area contributed by atoms with Crippen molar-refractivity contribution in [2.45, 2.75) is 6.42 Å². The Morgan fingerprint density at radius 2 is 1.91 bits per heavy atom. The first-order chi connectivity index (χ1) is 11.2. The molecule has 0 unspecified atom stereocenters. The van der Waals surface area contributed by atoms with E-state index in [0.717, 1.165) is 50.8 Å². The number of hydrogen-bond acceptors (Lipinski definition) is 5. The average Bonchev–Trinajstić information content (AvgIpc) is 2.61. The van der Waals surface area contributed by atoms with Crippen LogP contribution in [0.5, 0.6) is 11.5 Å². The van der Waals surface area contributed by atoms with Crippen LogP contribution >= 0.6 is 0 Å². The number of methoxy groups -OCH3 is 1. The smallest absolute Gasteiger partial charge is 0.223 e. The van der Waals surface area contributed by atoms with Gasteiger partial charge in [-0.05, 0) is 19.2 Å². The molecule has 1 saturated heterocycles. The summed E-state index contributed by atoms with van der Waals surface area (Å²) >= 11 is 0. The molecule has 6 heteroatoms. The van der Waals surface area contributed by atoms with Gasteiger partial charge in [0.15, 0.2) is 11.5 Å². The van der Waals surface area contributed by atoms with E-state index in [1.165, 1.54) is 0 Å². The molecule has 0 aliphatic carbocycles. The highest BCUT2D eigenvalue weighted by atomic mass is 16.5. The molecule has 0 saturated carbocycles. The summed E-state index contributed by atoms with van der Waals surface area (Å²) < 4.78 is 11.0. The highest BCUT2D eigenvalue weighted by Gasteiger charge is 2.16. The van der Waals surface area contributed by atoms with Crippen LogP contribution in [0.3, 0.4) is 0 Å². The minimum Gasteiger partial charge on any atom is -0.493 e. The molecule has 1 fully saturated rings. The van der Waals surface area contributed by atoms with E-state index >= 15 is 0 Å². The Hall–Kier alpha value is -1.79. The standard InChI is InChI=1S/C17H27N3O3/c1-19(10-7-17(21)20-11-8-18-9-12-20)13-14-23-16-6-4-3-5-15(16)22-2/h3-6,18H,7-14H2,1-2H3. The maximum atomic E-state index is 12.1. The fourth-order valence-electron chi connectivity index (χ4n) is 2.52. The van der Waals surface area contributed by atoms with Crippen molar-refractivity contribution in [3.63, 3.8) is 0 Å². The molecule has 1 amide bonds. The van der Waals surface area contributed by atoms with Crippen LogP contribution in [0.1, 0.15) is 6.42 Å². The first kappa shape index (κ1) is 17.6. The Balaban J connectivity index is 1.64. The molecule has 128 valence electrons. The third-order valence-electron chi connectivity index (χ3n) is 3.98. The summed E-state index contributed by atoms with van der Waals surface area (Å²) in [6, 6.07) is 7.62. The Labute approximate surface area is 138 Å². The van der Waals surface area contributed by atoms with E-state index in [2.05, 4.69) is 10.2 Å². The molecule has 1 aromatic carbocycles. The van der Waals surface area contributed by atoms with Crippen LogP contribution < -0.4 is 14.8 Å². The van der Waals surface area contributed by atoms with Crippen molar-refractivity contribution in [1.82, 2.24) is 15.1 Å². The van der Waals surface area contributed by atoms with Crippen LogP contribution in [-0.4, -0.2) is 75.7 Å². The molecule has 1 aromatic rings. The van der Waals surface area contributed by atoms with Crippen LogP contribution in [0.2, 0.25) is 0 Å². The lowest BCUT2D eigenvalue weighted by Crippen LogP contribution is -2.47. The monoisotopic (exact) mass is 321 g/mol. The molecule has 23 heavy (non-hydrogen) atoms. The molecule has 1 aliphatic heterocycles. The predicted octanol–water partition coefficient (Wildman–Crippen LogP) is 0.828. The highest BCUT2D eigenvalue weighted by Crippen LogP contribution is 2.25. The molecule has 6 nitrogen and oxygen atoms in total. The van der Waals surface area contributed by atoms with Gasteiger partial charge in [0.25, 0.3) is 0 Å². The van der Waals surface area contributed by atoms with Gasteiger partial charge in [0, 0.05) is 45.7 Å². The minimum atomic E-state index is 0.240. The van der Waals surface area contributed by atoms with Gasteiger partial charge in [0.2, 0.25) is 5.91 Å². The Kier molecular flexibility index (Phi) is 7.16. The summed E-state index contributed by atoms with van der Waals surface area (Å²) in [5, 5.41) is 3.26.